The normalized spacial score (nSPS) is 12.2. The highest BCUT2D eigenvalue weighted by Gasteiger charge is 2.26. The Morgan fingerprint density at radius 3 is 2.35 bits per heavy atom. The highest BCUT2D eigenvalue weighted by Crippen LogP contribution is 2.32. The van der Waals surface area contributed by atoms with Crippen molar-refractivity contribution >= 4 is 23.4 Å². The van der Waals surface area contributed by atoms with Gasteiger partial charge in [-0.25, -0.2) is 10.7 Å². The molecule has 5 nitrogen and oxygen atoms in total. The Labute approximate surface area is 124 Å². The third-order valence-electron chi connectivity index (χ3n) is 2.56. The molecule has 1 amide bonds. The number of nitrogens with one attached hydrogen (secondary N) is 1. The first-order chi connectivity index (χ1) is 9.05. The molecule has 3 N–H and O–H groups in total. The maximum absolute atomic E-state index is 11.8. The van der Waals surface area contributed by atoms with Crippen molar-refractivity contribution in [1.29, 1.82) is 0 Å². The lowest BCUT2D eigenvalue weighted by atomic mass is 9.96. The average Bonchev–Trinajstić information content (AvgIpc) is 2.29. The smallest absolute Gasteiger partial charge is 0.412 e. The van der Waals surface area contributed by atoms with Gasteiger partial charge in [-0.3, -0.25) is 10.2 Å². The van der Waals surface area contributed by atoms with Crippen LogP contribution < -0.4 is 11.2 Å². The maximum Gasteiger partial charge on any atom is 0.412 e. The van der Waals surface area contributed by atoms with E-state index in [9.17, 15) is 4.79 Å². The van der Waals surface area contributed by atoms with E-state index >= 15 is 0 Å². The first-order valence-electron chi connectivity index (χ1n) is 6.23. The van der Waals surface area contributed by atoms with Crippen molar-refractivity contribution in [1.82, 2.24) is 0 Å². The van der Waals surface area contributed by atoms with Crippen molar-refractivity contribution in [3.63, 3.8) is 0 Å². The fourth-order valence-electron chi connectivity index (χ4n) is 1.60. The fourth-order valence-corrected chi connectivity index (χ4v) is 1.77. The van der Waals surface area contributed by atoms with Crippen LogP contribution >= 0.6 is 11.6 Å². The van der Waals surface area contributed by atoms with E-state index in [1.54, 1.807) is 52.8 Å². The van der Waals surface area contributed by atoms with Crippen LogP contribution in [0, 0.1) is 0 Å². The van der Waals surface area contributed by atoms with Crippen LogP contribution in [0.3, 0.4) is 0 Å². The summed E-state index contributed by atoms with van der Waals surface area (Å²) in [6.07, 6.45) is -0.547. The van der Waals surface area contributed by atoms with Gasteiger partial charge in [0.1, 0.15) is 11.2 Å². The molecular formula is C14H21ClN2O3. The summed E-state index contributed by atoms with van der Waals surface area (Å²) in [6.45, 7) is 8.94. The van der Waals surface area contributed by atoms with Crippen LogP contribution in [0.25, 0.3) is 0 Å². The van der Waals surface area contributed by atoms with E-state index in [1.165, 1.54) is 0 Å². The Morgan fingerprint density at radius 1 is 1.25 bits per heavy atom. The van der Waals surface area contributed by atoms with Crippen molar-refractivity contribution < 1.29 is 14.4 Å². The molecule has 112 valence electrons. The molecule has 0 saturated heterocycles. The van der Waals surface area contributed by atoms with Crippen molar-refractivity contribution in [3.05, 3.63) is 28.8 Å². The first kappa shape index (κ1) is 16.8. The number of hydrogen-bond acceptors (Lipinski definition) is 4. The second-order valence-electron chi connectivity index (χ2n) is 5.94. The molecule has 20 heavy (non-hydrogen) atoms. The molecule has 0 aliphatic carbocycles. The van der Waals surface area contributed by atoms with Crippen LogP contribution in [0.2, 0.25) is 5.02 Å². The SMILES string of the molecule is CC(C)(C)OC(=O)Nc1ccc(Cl)cc1C(C)(C)ON. The molecule has 0 bridgehead atoms. The van der Waals surface area contributed by atoms with Crippen LogP contribution in [0.5, 0.6) is 0 Å². The largest absolute Gasteiger partial charge is 0.444 e. The van der Waals surface area contributed by atoms with Gasteiger partial charge in [-0.15, -0.1) is 0 Å². The molecule has 0 heterocycles. The lowest BCUT2D eigenvalue weighted by molar-refractivity contribution is -0.0231. The van der Waals surface area contributed by atoms with Gasteiger partial charge in [0.25, 0.3) is 0 Å². The Balaban J connectivity index is 3.04. The van der Waals surface area contributed by atoms with Gasteiger partial charge < -0.3 is 4.74 Å². The second-order valence-corrected chi connectivity index (χ2v) is 6.38. The van der Waals surface area contributed by atoms with Gasteiger partial charge >= 0.3 is 6.09 Å². The van der Waals surface area contributed by atoms with Gasteiger partial charge in [-0.1, -0.05) is 11.6 Å². The number of rotatable bonds is 3. The van der Waals surface area contributed by atoms with Crippen LogP contribution in [0.4, 0.5) is 10.5 Å². The molecule has 6 heteroatoms. The van der Waals surface area contributed by atoms with Gasteiger partial charge in [0.05, 0.1) is 5.69 Å². The topological polar surface area (TPSA) is 73.6 Å². The van der Waals surface area contributed by atoms with Crippen molar-refractivity contribution in [2.75, 3.05) is 5.32 Å². The van der Waals surface area contributed by atoms with Crippen LogP contribution in [-0.2, 0) is 15.2 Å². The van der Waals surface area contributed by atoms with Gasteiger partial charge in [0.15, 0.2) is 0 Å². The van der Waals surface area contributed by atoms with E-state index in [-0.39, 0.29) is 0 Å². The molecule has 0 unspecified atom stereocenters. The van der Waals surface area contributed by atoms with E-state index in [0.29, 0.717) is 16.3 Å². The standard InChI is InChI=1S/C14H21ClN2O3/c1-13(2,3)19-12(18)17-11-7-6-9(15)8-10(11)14(4,5)20-16/h6-8H,16H2,1-5H3,(H,17,18). The van der Waals surface area contributed by atoms with Crippen molar-refractivity contribution in [2.24, 2.45) is 5.90 Å². The van der Waals surface area contributed by atoms with Gasteiger partial charge in [-0.2, -0.15) is 0 Å². The van der Waals surface area contributed by atoms with Crippen LogP contribution in [-0.4, -0.2) is 11.7 Å². The predicted octanol–water partition coefficient (Wildman–Crippen LogP) is 3.81. The second kappa shape index (κ2) is 5.99. The summed E-state index contributed by atoms with van der Waals surface area (Å²) < 4.78 is 5.22. The van der Waals surface area contributed by atoms with E-state index < -0.39 is 17.3 Å². The summed E-state index contributed by atoms with van der Waals surface area (Å²) in [4.78, 5) is 16.8. The lowest BCUT2D eigenvalue weighted by Gasteiger charge is -2.26. The van der Waals surface area contributed by atoms with Crippen molar-refractivity contribution in [2.45, 2.75) is 45.8 Å². The van der Waals surface area contributed by atoms with E-state index in [4.69, 9.17) is 27.1 Å². The van der Waals surface area contributed by atoms with Gasteiger partial charge in [0.2, 0.25) is 0 Å². The Kier molecular flexibility index (Phi) is 5.02. The summed E-state index contributed by atoms with van der Waals surface area (Å²) in [7, 11) is 0. The van der Waals surface area contributed by atoms with E-state index in [1.807, 2.05) is 0 Å². The molecule has 1 aromatic rings. The van der Waals surface area contributed by atoms with Gasteiger partial charge in [0, 0.05) is 10.6 Å². The minimum absolute atomic E-state index is 0.528. The number of ether oxygens (including phenoxy) is 1. The van der Waals surface area contributed by atoms with Crippen molar-refractivity contribution in [3.8, 4) is 0 Å². The van der Waals surface area contributed by atoms with E-state index in [2.05, 4.69) is 5.32 Å². The van der Waals surface area contributed by atoms with Crippen LogP contribution in [0.15, 0.2) is 18.2 Å². The predicted molar refractivity (Wildman–Crippen MR) is 79.6 cm³/mol. The Morgan fingerprint density at radius 2 is 1.85 bits per heavy atom. The lowest BCUT2D eigenvalue weighted by Crippen LogP contribution is -2.30. The summed E-state index contributed by atoms with van der Waals surface area (Å²) >= 11 is 5.98. The number of benzene rings is 1. The number of amides is 1. The molecule has 1 rings (SSSR count). The molecular weight excluding hydrogens is 280 g/mol. The maximum atomic E-state index is 11.8. The zero-order valence-corrected chi connectivity index (χ0v) is 13.2. The number of halogens is 1. The number of nitrogens with two attached hydrogens (primary N) is 1. The number of anilines is 1. The number of carbonyl (C=O) groups excluding carboxylic acids is 1. The zero-order chi connectivity index (χ0) is 15.6. The number of carbonyl (C=O) groups is 1. The monoisotopic (exact) mass is 300 g/mol. The fraction of sp³-hybridized carbons (Fsp3) is 0.500. The molecule has 0 spiro atoms. The van der Waals surface area contributed by atoms with Crippen LogP contribution in [0.1, 0.15) is 40.2 Å². The highest BCUT2D eigenvalue weighted by atomic mass is 35.5. The Bertz CT molecular complexity index is 496. The minimum Gasteiger partial charge on any atom is -0.444 e. The summed E-state index contributed by atoms with van der Waals surface area (Å²) in [5, 5.41) is 3.21. The molecule has 0 aliphatic rings. The Hall–Kier alpha value is -1.30. The summed E-state index contributed by atoms with van der Waals surface area (Å²) in [5.74, 6) is 5.30. The average molecular weight is 301 g/mol. The molecule has 0 fully saturated rings. The first-order valence-corrected chi connectivity index (χ1v) is 6.61. The zero-order valence-electron chi connectivity index (χ0n) is 12.4. The molecule has 0 aliphatic heterocycles. The summed E-state index contributed by atoms with van der Waals surface area (Å²) in [6, 6.07) is 5.05. The van der Waals surface area contributed by atoms with E-state index in [0.717, 1.165) is 0 Å². The molecule has 0 aromatic heterocycles. The number of hydrogen-bond donors (Lipinski definition) is 2. The highest BCUT2D eigenvalue weighted by molar-refractivity contribution is 6.30. The third kappa shape index (κ3) is 4.67. The minimum atomic E-state index is -0.796. The molecule has 0 radical (unpaired) electrons. The molecule has 0 atom stereocenters. The molecule has 0 saturated carbocycles. The molecule has 1 aromatic carbocycles. The quantitative estimate of drug-likeness (QED) is 0.832. The summed E-state index contributed by atoms with van der Waals surface area (Å²) in [5.41, 5.74) is -0.163. The van der Waals surface area contributed by atoms with Gasteiger partial charge in [-0.05, 0) is 52.8 Å². The third-order valence-corrected chi connectivity index (χ3v) is 2.80.